The van der Waals surface area contributed by atoms with Crippen molar-refractivity contribution in [1.82, 2.24) is 0 Å². The molecular formula is C19H23N3O7S. The molecule has 0 spiro atoms. The fourth-order valence-corrected chi connectivity index (χ4v) is 4.15. The fourth-order valence-electron chi connectivity index (χ4n) is 2.94. The second kappa shape index (κ2) is 9.44. The predicted molar refractivity (Wildman–Crippen MR) is 113 cm³/mol. The lowest BCUT2D eigenvalue weighted by molar-refractivity contribution is -0.384. The van der Waals surface area contributed by atoms with Gasteiger partial charge in [0.05, 0.1) is 31.1 Å². The molecule has 30 heavy (non-hydrogen) atoms. The molecule has 0 bridgehead atoms. The Balaban J connectivity index is 2.41. The molecule has 0 heterocycles. The lowest BCUT2D eigenvalue weighted by Gasteiger charge is -2.30. The minimum Gasteiger partial charge on any atom is -0.493 e. The van der Waals surface area contributed by atoms with Crippen LogP contribution in [-0.4, -0.2) is 45.8 Å². The van der Waals surface area contributed by atoms with Crippen molar-refractivity contribution >= 4 is 33.0 Å². The van der Waals surface area contributed by atoms with Crippen LogP contribution < -0.4 is 19.1 Å². The highest BCUT2D eigenvalue weighted by molar-refractivity contribution is 7.92. The van der Waals surface area contributed by atoms with Gasteiger partial charge in [0.15, 0.2) is 11.5 Å². The number of carbonyl (C=O) groups excluding carboxylic acids is 1. The Kier molecular flexibility index (Phi) is 7.22. The molecule has 1 N–H and O–H groups in total. The third-order valence-electron chi connectivity index (χ3n) is 4.28. The van der Waals surface area contributed by atoms with Crippen LogP contribution in [-0.2, 0) is 14.8 Å². The van der Waals surface area contributed by atoms with Gasteiger partial charge >= 0.3 is 0 Å². The highest BCUT2D eigenvalue weighted by atomic mass is 32.2. The monoisotopic (exact) mass is 437 g/mol. The standard InChI is InChI=1S/C19H23N3O7S/c1-5-16(19(23)20-13-9-10-17(28-2)18(11-13)29-3)21(30(4,26)27)14-7-6-8-15(12-14)22(24)25/h6-12,16H,5H2,1-4H3,(H,20,23). The van der Waals surface area contributed by atoms with Gasteiger partial charge in [-0.25, -0.2) is 8.42 Å². The largest absolute Gasteiger partial charge is 0.493 e. The zero-order chi connectivity index (χ0) is 22.5. The Hall–Kier alpha value is -3.34. The number of amides is 1. The number of benzene rings is 2. The first-order valence-electron chi connectivity index (χ1n) is 8.89. The number of nitrogens with one attached hydrogen (secondary N) is 1. The van der Waals surface area contributed by atoms with E-state index in [0.29, 0.717) is 17.2 Å². The molecule has 2 aromatic carbocycles. The van der Waals surface area contributed by atoms with Gasteiger partial charge in [-0.05, 0) is 24.6 Å². The van der Waals surface area contributed by atoms with Crippen molar-refractivity contribution < 1.29 is 27.6 Å². The summed E-state index contributed by atoms with van der Waals surface area (Å²) in [7, 11) is -0.999. The van der Waals surface area contributed by atoms with Crippen LogP contribution in [0.25, 0.3) is 0 Å². The lowest BCUT2D eigenvalue weighted by atomic mass is 10.1. The topological polar surface area (TPSA) is 128 Å². The quantitative estimate of drug-likeness (QED) is 0.472. The third-order valence-corrected chi connectivity index (χ3v) is 5.46. The van der Waals surface area contributed by atoms with Gasteiger partial charge in [-0.3, -0.25) is 19.2 Å². The second-order valence-corrected chi connectivity index (χ2v) is 8.18. The highest BCUT2D eigenvalue weighted by Crippen LogP contribution is 2.31. The maximum Gasteiger partial charge on any atom is 0.271 e. The van der Waals surface area contributed by atoms with Crippen molar-refractivity contribution in [2.75, 3.05) is 30.1 Å². The van der Waals surface area contributed by atoms with E-state index in [2.05, 4.69) is 5.32 Å². The Morgan fingerprint density at radius 2 is 1.83 bits per heavy atom. The molecule has 1 unspecified atom stereocenters. The summed E-state index contributed by atoms with van der Waals surface area (Å²) in [5, 5.41) is 13.8. The molecule has 0 aromatic heterocycles. The number of carbonyl (C=O) groups is 1. The number of nitro benzene ring substituents is 1. The highest BCUT2D eigenvalue weighted by Gasteiger charge is 2.32. The molecule has 0 saturated heterocycles. The van der Waals surface area contributed by atoms with E-state index in [-0.39, 0.29) is 17.8 Å². The van der Waals surface area contributed by atoms with Crippen LogP contribution in [0.3, 0.4) is 0 Å². The first-order valence-corrected chi connectivity index (χ1v) is 10.7. The van der Waals surface area contributed by atoms with Gasteiger partial charge in [-0.1, -0.05) is 13.0 Å². The number of ether oxygens (including phenoxy) is 2. The molecule has 0 radical (unpaired) electrons. The molecule has 0 aliphatic carbocycles. The van der Waals surface area contributed by atoms with E-state index in [1.807, 2.05) is 0 Å². The summed E-state index contributed by atoms with van der Waals surface area (Å²) >= 11 is 0. The van der Waals surface area contributed by atoms with Gasteiger partial charge in [-0.15, -0.1) is 0 Å². The van der Waals surface area contributed by atoms with Crippen molar-refractivity contribution in [3.8, 4) is 11.5 Å². The van der Waals surface area contributed by atoms with Crippen LogP contribution in [0.4, 0.5) is 17.1 Å². The SMILES string of the molecule is CCC(C(=O)Nc1ccc(OC)c(OC)c1)N(c1cccc([N+](=O)[O-])c1)S(C)(=O)=O. The third kappa shape index (κ3) is 5.17. The maximum atomic E-state index is 13.0. The molecule has 2 rings (SSSR count). The molecule has 1 amide bonds. The van der Waals surface area contributed by atoms with E-state index in [1.165, 1.54) is 32.4 Å². The predicted octanol–water partition coefficient (Wildman–Crippen LogP) is 2.80. The molecule has 1 atom stereocenters. The molecule has 162 valence electrons. The average Bonchev–Trinajstić information content (AvgIpc) is 2.70. The number of anilines is 2. The second-order valence-electron chi connectivity index (χ2n) is 6.32. The van der Waals surface area contributed by atoms with Gasteiger partial charge in [0.25, 0.3) is 5.69 Å². The molecule has 0 saturated carbocycles. The van der Waals surface area contributed by atoms with Crippen molar-refractivity contribution in [1.29, 1.82) is 0 Å². The van der Waals surface area contributed by atoms with E-state index in [4.69, 9.17) is 9.47 Å². The summed E-state index contributed by atoms with van der Waals surface area (Å²) in [6, 6.07) is 8.73. The Morgan fingerprint density at radius 1 is 1.17 bits per heavy atom. The van der Waals surface area contributed by atoms with Crippen molar-refractivity contribution in [2.24, 2.45) is 0 Å². The van der Waals surface area contributed by atoms with Gasteiger partial charge in [0.2, 0.25) is 15.9 Å². The van der Waals surface area contributed by atoms with E-state index < -0.39 is 26.9 Å². The van der Waals surface area contributed by atoms with Gasteiger partial charge in [0.1, 0.15) is 6.04 Å². The minimum absolute atomic E-state index is 0.0287. The molecule has 0 aliphatic rings. The Bertz CT molecular complexity index is 1040. The molecule has 10 nitrogen and oxygen atoms in total. The number of rotatable bonds is 9. The number of nitro groups is 1. The summed E-state index contributed by atoms with van der Waals surface area (Å²) in [5.74, 6) is 0.264. The summed E-state index contributed by atoms with van der Waals surface area (Å²) in [6.45, 7) is 1.65. The average molecular weight is 437 g/mol. The smallest absolute Gasteiger partial charge is 0.271 e. The summed E-state index contributed by atoms with van der Waals surface area (Å²) < 4.78 is 36.2. The molecule has 11 heteroatoms. The number of non-ortho nitro benzene ring substituents is 1. The Labute approximate surface area is 174 Å². The van der Waals surface area contributed by atoms with Crippen LogP contribution in [0.2, 0.25) is 0 Å². The Morgan fingerprint density at radius 3 is 2.37 bits per heavy atom. The number of nitrogens with zero attached hydrogens (tertiary/aromatic N) is 2. The van der Waals surface area contributed by atoms with E-state index in [0.717, 1.165) is 16.6 Å². The van der Waals surface area contributed by atoms with Gasteiger partial charge in [-0.2, -0.15) is 0 Å². The number of sulfonamides is 1. The zero-order valence-electron chi connectivity index (χ0n) is 17.0. The summed E-state index contributed by atoms with van der Waals surface area (Å²) in [6.07, 6.45) is 1.08. The summed E-state index contributed by atoms with van der Waals surface area (Å²) in [4.78, 5) is 23.4. The van der Waals surface area contributed by atoms with E-state index in [9.17, 15) is 23.3 Å². The zero-order valence-corrected chi connectivity index (χ0v) is 17.8. The molecule has 2 aromatic rings. The lowest BCUT2D eigenvalue weighted by Crippen LogP contribution is -2.47. The number of hydrogen-bond donors (Lipinski definition) is 1. The molecule has 0 aliphatic heterocycles. The van der Waals surface area contributed by atoms with E-state index >= 15 is 0 Å². The number of hydrogen-bond acceptors (Lipinski definition) is 7. The van der Waals surface area contributed by atoms with Crippen molar-refractivity contribution in [3.05, 3.63) is 52.6 Å². The van der Waals surface area contributed by atoms with Crippen LogP contribution in [0, 0.1) is 10.1 Å². The molecule has 0 fully saturated rings. The van der Waals surface area contributed by atoms with Crippen molar-refractivity contribution in [3.63, 3.8) is 0 Å². The van der Waals surface area contributed by atoms with Gasteiger partial charge in [0, 0.05) is 23.9 Å². The maximum absolute atomic E-state index is 13.0. The first kappa shape index (κ1) is 22.9. The van der Waals surface area contributed by atoms with E-state index in [1.54, 1.807) is 25.1 Å². The normalized spacial score (nSPS) is 12.0. The van der Waals surface area contributed by atoms with Crippen LogP contribution in [0.5, 0.6) is 11.5 Å². The van der Waals surface area contributed by atoms with Crippen LogP contribution >= 0.6 is 0 Å². The van der Waals surface area contributed by atoms with Gasteiger partial charge < -0.3 is 14.8 Å². The van der Waals surface area contributed by atoms with Crippen LogP contribution in [0.1, 0.15) is 13.3 Å². The number of methoxy groups -OCH3 is 2. The molecular weight excluding hydrogens is 414 g/mol. The summed E-state index contributed by atoms with van der Waals surface area (Å²) in [5.41, 5.74) is 0.126. The first-order chi connectivity index (χ1) is 14.1. The van der Waals surface area contributed by atoms with Crippen molar-refractivity contribution in [2.45, 2.75) is 19.4 Å². The fraction of sp³-hybridized carbons (Fsp3) is 0.316. The van der Waals surface area contributed by atoms with Crippen LogP contribution in [0.15, 0.2) is 42.5 Å². The minimum atomic E-state index is -3.93.